The highest BCUT2D eigenvalue weighted by Gasteiger charge is 2.44. The molecule has 2 aliphatic rings. The summed E-state index contributed by atoms with van der Waals surface area (Å²) in [6.45, 7) is 0.995. The number of Topliss-reactive ketones (excluding diaryl/α,β-unsaturated/α-hetero) is 1. The van der Waals surface area contributed by atoms with Gasteiger partial charge in [-0.15, -0.1) is 11.3 Å². The largest absolute Gasteiger partial charge is 0.486 e. The van der Waals surface area contributed by atoms with E-state index in [-0.39, 0.29) is 18.1 Å². The highest BCUT2D eigenvalue weighted by Crippen LogP contribution is 2.41. The van der Waals surface area contributed by atoms with Crippen LogP contribution in [0.15, 0.2) is 42.5 Å². The predicted molar refractivity (Wildman–Crippen MR) is 116 cm³/mol. The lowest BCUT2D eigenvalue weighted by Gasteiger charge is -2.44. The highest BCUT2D eigenvalue weighted by atomic mass is 32.1. The van der Waals surface area contributed by atoms with Crippen LogP contribution in [0.2, 0.25) is 0 Å². The van der Waals surface area contributed by atoms with Crippen molar-refractivity contribution in [3.05, 3.63) is 59.2 Å². The van der Waals surface area contributed by atoms with Crippen LogP contribution in [0.4, 0.5) is 5.00 Å². The van der Waals surface area contributed by atoms with E-state index in [1.807, 2.05) is 24.3 Å². The van der Waals surface area contributed by atoms with Crippen LogP contribution < -0.4 is 10.5 Å². The van der Waals surface area contributed by atoms with E-state index in [1.165, 1.54) is 11.3 Å². The van der Waals surface area contributed by atoms with Gasteiger partial charge in [-0.2, -0.15) is 0 Å². The van der Waals surface area contributed by atoms with Crippen LogP contribution in [-0.2, 0) is 0 Å². The number of benzene rings is 2. The van der Waals surface area contributed by atoms with E-state index in [1.54, 1.807) is 23.1 Å². The van der Waals surface area contributed by atoms with Gasteiger partial charge >= 0.3 is 0 Å². The fourth-order valence-corrected chi connectivity index (χ4v) is 5.39. The summed E-state index contributed by atoms with van der Waals surface area (Å²) in [4.78, 5) is 38.7. The summed E-state index contributed by atoms with van der Waals surface area (Å²) in [5.41, 5.74) is 7.05. The number of nitrogens with zero attached hydrogens (tertiary/aromatic N) is 1. The quantitative estimate of drug-likeness (QED) is 0.635. The molecular weight excluding hydrogens is 400 g/mol. The minimum atomic E-state index is -0.605. The molecule has 0 saturated carbocycles. The van der Waals surface area contributed by atoms with Crippen molar-refractivity contribution in [2.75, 3.05) is 18.8 Å². The van der Waals surface area contributed by atoms with Gasteiger partial charge in [-0.1, -0.05) is 18.2 Å². The number of anilines is 1. The van der Waals surface area contributed by atoms with E-state index >= 15 is 0 Å². The molecule has 3 aromatic rings. The Hall–Kier alpha value is -3.19. The van der Waals surface area contributed by atoms with Crippen molar-refractivity contribution in [1.82, 2.24) is 4.90 Å². The van der Waals surface area contributed by atoms with Crippen LogP contribution in [0.5, 0.6) is 5.75 Å². The van der Waals surface area contributed by atoms with Gasteiger partial charge in [0, 0.05) is 41.6 Å². The molecule has 1 saturated heterocycles. The number of thiophene rings is 1. The molecule has 2 aliphatic heterocycles. The molecule has 7 heteroatoms. The number of nitrogens with two attached hydrogens (primary N) is 1. The SMILES string of the molecule is Nc1sc2ccccc2c1C(=O)N1CCC2(CC1)CC(=O)c1cc(C=O)ccc1O2. The lowest BCUT2D eigenvalue weighted by Crippen LogP contribution is -2.52. The Kier molecular flexibility index (Phi) is 4.36. The zero-order chi connectivity index (χ0) is 20.9. The average Bonchev–Trinajstić information content (AvgIpc) is 3.09. The number of carbonyl (C=O) groups excluding carboxylic acids is 3. The molecule has 1 amide bonds. The van der Waals surface area contributed by atoms with Gasteiger partial charge in [-0.3, -0.25) is 14.4 Å². The lowest BCUT2D eigenvalue weighted by molar-refractivity contribution is -0.00562. The third kappa shape index (κ3) is 2.97. The molecule has 2 N–H and O–H groups in total. The topological polar surface area (TPSA) is 89.7 Å². The van der Waals surface area contributed by atoms with E-state index in [2.05, 4.69) is 0 Å². The van der Waals surface area contributed by atoms with E-state index < -0.39 is 5.60 Å². The Morgan fingerprint density at radius 1 is 1.17 bits per heavy atom. The summed E-state index contributed by atoms with van der Waals surface area (Å²) in [6, 6.07) is 12.7. The van der Waals surface area contributed by atoms with Gasteiger partial charge in [-0.05, 0) is 24.3 Å². The number of hydrogen-bond donors (Lipinski definition) is 1. The van der Waals surface area contributed by atoms with Crippen LogP contribution in [0.1, 0.15) is 50.3 Å². The molecule has 30 heavy (non-hydrogen) atoms. The number of piperidine rings is 1. The van der Waals surface area contributed by atoms with Gasteiger partial charge in [-0.25, -0.2) is 0 Å². The summed E-state index contributed by atoms with van der Waals surface area (Å²) in [7, 11) is 0. The normalized spacial score (nSPS) is 17.6. The van der Waals surface area contributed by atoms with E-state index in [9.17, 15) is 14.4 Å². The first kappa shape index (κ1) is 18.8. The smallest absolute Gasteiger partial charge is 0.257 e. The van der Waals surface area contributed by atoms with Crippen molar-refractivity contribution in [1.29, 1.82) is 0 Å². The summed E-state index contributed by atoms with van der Waals surface area (Å²) in [5, 5.41) is 1.42. The fourth-order valence-electron chi connectivity index (χ4n) is 4.42. The van der Waals surface area contributed by atoms with E-state index in [4.69, 9.17) is 10.5 Å². The maximum Gasteiger partial charge on any atom is 0.257 e. The van der Waals surface area contributed by atoms with Gasteiger partial charge in [0.1, 0.15) is 17.6 Å². The summed E-state index contributed by atoms with van der Waals surface area (Å²) in [6.07, 6.45) is 2.12. The first-order valence-corrected chi connectivity index (χ1v) is 10.7. The number of carbonyl (C=O) groups is 3. The highest BCUT2D eigenvalue weighted by molar-refractivity contribution is 7.23. The molecule has 6 nitrogen and oxygen atoms in total. The molecular formula is C23H20N2O4S. The Morgan fingerprint density at radius 3 is 2.70 bits per heavy atom. The summed E-state index contributed by atoms with van der Waals surface area (Å²) < 4.78 is 7.25. The number of ether oxygens (including phenoxy) is 1. The number of nitrogen functional groups attached to an aromatic ring is 1. The average molecular weight is 420 g/mol. The first-order chi connectivity index (χ1) is 14.5. The van der Waals surface area contributed by atoms with Crippen molar-refractivity contribution in [2.45, 2.75) is 24.9 Å². The molecule has 0 aliphatic carbocycles. The van der Waals surface area contributed by atoms with Crippen molar-refractivity contribution < 1.29 is 19.1 Å². The van der Waals surface area contributed by atoms with Crippen molar-refractivity contribution in [3.8, 4) is 5.75 Å². The van der Waals surface area contributed by atoms with Crippen molar-refractivity contribution >= 4 is 44.4 Å². The molecule has 0 atom stereocenters. The lowest BCUT2D eigenvalue weighted by atomic mass is 9.82. The van der Waals surface area contributed by atoms with Crippen LogP contribution >= 0.6 is 11.3 Å². The third-order valence-electron chi connectivity index (χ3n) is 6.05. The number of fused-ring (bicyclic) bond motifs is 2. The molecule has 0 bridgehead atoms. The standard InChI is InChI=1S/C23H20N2O4S/c24-21-20(15-3-1-2-4-19(15)30-21)22(28)25-9-7-23(8-10-25)12-17(27)16-11-14(13-26)5-6-18(16)29-23/h1-6,11,13H,7-10,12,24H2. The molecule has 5 rings (SSSR count). The monoisotopic (exact) mass is 420 g/mol. The molecule has 3 heterocycles. The van der Waals surface area contributed by atoms with Gasteiger partial charge < -0.3 is 15.4 Å². The minimum absolute atomic E-state index is 0.0206. The van der Waals surface area contributed by atoms with Crippen LogP contribution in [-0.4, -0.2) is 41.6 Å². The number of hydrogen-bond acceptors (Lipinski definition) is 6. The van der Waals surface area contributed by atoms with Gasteiger partial charge in [0.2, 0.25) is 0 Å². The fraction of sp³-hybridized carbons (Fsp3) is 0.261. The van der Waals surface area contributed by atoms with Gasteiger partial charge in [0.15, 0.2) is 5.78 Å². The van der Waals surface area contributed by atoms with Crippen molar-refractivity contribution in [2.24, 2.45) is 0 Å². The zero-order valence-electron chi connectivity index (χ0n) is 16.2. The molecule has 1 aromatic heterocycles. The Bertz CT molecular complexity index is 1190. The Labute approximate surface area is 177 Å². The molecule has 0 unspecified atom stereocenters. The predicted octanol–water partition coefficient (Wildman–Crippen LogP) is 3.94. The van der Waals surface area contributed by atoms with Gasteiger partial charge in [0.05, 0.1) is 22.5 Å². The zero-order valence-corrected chi connectivity index (χ0v) is 17.0. The second-order valence-electron chi connectivity index (χ2n) is 7.89. The molecule has 152 valence electrons. The van der Waals surface area contributed by atoms with Crippen LogP contribution in [0.3, 0.4) is 0 Å². The second-order valence-corrected chi connectivity index (χ2v) is 8.97. The minimum Gasteiger partial charge on any atom is -0.486 e. The Morgan fingerprint density at radius 2 is 1.93 bits per heavy atom. The second kappa shape index (κ2) is 6.95. The maximum absolute atomic E-state index is 13.2. The van der Waals surface area contributed by atoms with Gasteiger partial charge in [0.25, 0.3) is 5.91 Å². The first-order valence-electron chi connectivity index (χ1n) is 9.87. The van der Waals surface area contributed by atoms with Crippen LogP contribution in [0.25, 0.3) is 10.1 Å². The number of ketones is 1. The number of likely N-dealkylation sites (tertiary alicyclic amines) is 1. The van der Waals surface area contributed by atoms with E-state index in [0.717, 1.165) is 16.4 Å². The molecule has 2 aromatic carbocycles. The molecule has 1 fully saturated rings. The van der Waals surface area contributed by atoms with E-state index in [0.29, 0.717) is 53.4 Å². The van der Waals surface area contributed by atoms with Crippen LogP contribution in [0, 0.1) is 0 Å². The number of amides is 1. The summed E-state index contributed by atoms with van der Waals surface area (Å²) >= 11 is 1.42. The molecule has 0 radical (unpaired) electrons. The maximum atomic E-state index is 13.2. The number of rotatable bonds is 2. The number of aldehydes is 1. The summed E-state index contributed by atoms with van der Waals surface area (Å²) in [5.74, 6) is 0.426. The molecule has 1 spiro atoms. The Balaban J connectivity index is 1.36. The third-order valence-corrected chi connectivity index (χ3v) is 7.05. The van der Waals surface area contributed by atoms with Crippen molar-refractivity contribution in [3.63, 3.8) is 0 Å².